The summed E-state index contributed by atoms with van der Waals surface area (Å²) in [6.45, 7) is 15.5. The minimum atomic E-state index is -0.0490. The Bertz CT molecular complexity index is 221. The Morgan fingerprint density at radius 2 is 1.67 bits per heavy atom. The van der Waals surface area contributed by atoms with Crippen molar-refractivity contribution >= 4 is 0 Å². The molecule has 0 spiro atoms. The normalized spacial score (nSPS) is 30.8. The highest BCUT2D eigenvalue weighted by atomic mass is 16.5. The van der Waals surface area contributed by atoms with Crippen molar-refractivity contribution in [1.29, 1.82) is 0 Å². The average molecular weight is 213 g/mol. The molecule has 1 rings (SSSR count). The lowest BCUT2D eigenvalue weighted by Gasteiger charge is -2.31. The molecule has 0 amide bonds. The van der Waals surface area contributed by atoms with Crippen LogP contribution in [0.5, 0.6) is 0 Å². The number of ether oxygens (including phenoxy) is 1. The van der Waals surface area contributed by atoms with Gasteiger partial charge in [0.1, 0.15) is 0 Å². The molecule has 1 N–H and O–H groups in total. The van der Waals surface area contributed by atoms with Gasteiger partial charge in [-0.2, -0.15) is 0 Å². The summed E-state index contributed by atoms with van der Waals surface area (Å²) in [5.41, 5.74) is -0.0372. The first kappa shape index (κ1) is 13.0. The van der Waals surface area contributed by atoms with Gasteiger partial charge in [-0.1, -0.05) is 13.8 Å². The van der Waals surface area contributed by atoms with Gasteiger partial charge < -0.3 is 10.1 Å². The van der Waals surface area contributed by atoms with E-state index < -0.39 is 0 Å². The van der Waals surface area contributed by atoms with Crippen LogP contribution in [0, 0.1) is 5.92 Å². The van der Waals surface area contributed by atoms with E-state index in [-0.39, 0.29) is 11.2 Å². The third-order valence-electron chi connectivity index (χ3n) is 3.54. The predicted molar refractivity (Wildman–Crippen MR) is 65.1 cm³/mol. The summed E-state index contributed by atoms with van der Waals surface area (Å²) in [4.78, 5) is 0. The summed E-state index contributed by atoms with van der Waals surface area (Å²) in [6.07, 6.45) is 1.09. The van der Waals surface area contributed by atoms with Crippen molar-refractivity contribution in [3.8, 4) is 0 Å². The van der Waals surface area contributed by atoms with Gasteiger partial charge in [-0.15, -0.1) is 0 Å². The highest BCUT2D eigenvalue weighted by Gasteiger charge is 2.46. The largest absolute Gasteiger partial charge is 0.368 e. The molecule has 0 aromatic carbocycles. The van der Waals surface area contributed by atoms with Crippen LogP contribution in [0.1, 0.15) is 54.9 Å². The quantitative estimate of drug-likeness (QED) is 0.778. The molecule has 2 heteroatoms. The molecule has 1 heterocycles. The van der Waals surface area contributed by atoms with E-state index in [9.17, 15) is 0 Å². The fourth-order valence-corrected chi connectivity index (χ4v) is 2.33. The molecule has 1 saturated heterocycles. The molecule has 2 nitrogen and oxygen atoms in total. The molecule has 0 bridgehead atoms. The van der Waals surface area contributed by atoms with Crippen LogP contribution in [-0.2, 0) is 4.74 Å². The standard InChI is InChI=1S/C13H27NO/c1-9(2)10(3)14-11-8-12(4,5)15-13(11,6)7/h9-11,14H,8H2,1-7H3/t10-,11-/m1/s1. The van der Waals surface area contributed by atoms with Crippen LogP contribution in [0.3, 0.4) is 0 Å². The third kappa shape index (κ3) is 3.18. The minimum absolute atomic E-state index is 0.0118. The van der Waals surface area contributed by atoms with E-state index in [1.807, 2.05) is 0 Å². The molecule has 0 aliphatic carbocycles. The maximum Gasteiger partial charge on any atom is 0.0787 e. The predicted octanol–water partition coefficient (Wildman–Crippen LogP) is 2.97. The van der Waals surface area contributed by atoms with E-state index in [2.05, 4.69) is 53.8 Å². The van der Waals surface area contributed by atoms with E-state index >= 15 is 0 Å². The van der Waals surface area contributed by atoms with Crippen molar-refractivity contribution in [3.63, 3.8) is 0 Å². The van der Waals surface area contributed by atoms with E-state index in [1.165, 1.54) is 0 Å². The van der Waals surface area contributed by atoms with Crippen LogP contribution >= 0.6 is 0 Å². The lowest BCUT2D eigenvalue weighted by Crippen LogP contribution is -2.48. The van der Waals surface area contributed by atoms with E-state index in [0.29, 0.717) is 18.0 Å². The Kier molecular flexibility index (Phi) is 3.52. The van der Waals surface area contributed by atoms with Crippen LogP contribution in [0.4, 0.5) is 0 Å². The van der Waals surface area contributed by atoms with Gasteiger partial charge >= 0.3 is 0 Å². The van der Waals surface area contributed by atoms with E-state index in [1.54, 1.807) is 0 Å². The summed E-state index contributed by atoms with van der Waals surface area (Å²) < 4.78 is 6.07. The molecular weight excluding hydrogens is 186 g/mol. The van der Waals surface area contributed by atoms with Crippen molar-refractivity contribution < 1.29 is 4.74 Å². The van der Waals surface area contributed by atoms with Crippen molar-refractivity contribution in [1.82, 2.24) is 5.32 Å². The second kappa shape index (κ2) is 4.06. The molecule has 90 valence electrons. The van der Waals surface area contributed by atoms with Gasteiger partial charge in [0.05, 0.1) is 11.2 Å². The first-order valence-corrected chi connectivity index (χ1v) is 6.10. The van der Waals surface area contributed by atoms with Crippen molar-refractivity contribution in [2.24, 2.45) is 5.92 Å². The van der Waals surface area contributed by atoms with Crippen LogP contribution in [0.25, 0.3) is 0 Å². The fourth-order valence-electron chi connectivity index (χ4n) is 2.33. The molecule has 0 saturated carbocycles. The van der Waals surface area contributed by atoms with Gasteiger partial charge in [-0.25, -0.2) is 0 Å². The van der Waals surface area contributed by atoms with Gasteiger partial charge in [0.15, 0.2) is 0 Å². The van der Waals surface area contributed by atoms with Gasteiger partial charge in [-0.3, -0.25) is 0 Å². The van der Waals surface area contributed by atoms with Crippen molar-refractivity contribution in [2.75, 3.05) is 0 Å². The van der Waals surface area contributed by atoms with Crippen LogP contribution in [0.2, 0.25) is 0 Å². The van der Waals surface area contributed by atoms with Gasteiger partial charge in [0.2, 0.25) is 0 Å². The van der Waals surface area contributed by atoms with Gasteiger partial charge in [-0.05, 0) is 47.0 Å². The Labute approximate surface area is 94.8 Å². The average Bonchev–Trinajstić information content (AvgIpc) is 2.18. The number of hydrogen-bond donors (Lipinski definition) is 1. The Hall–Kier alpha value is -0.0800. The van der Waals surface area contributed by atoms with Crippen molar-refractivity contribution in [2.45, 2.75) is 78.2 Å². The summed E-state index contributed by atoms with van der Waals surface area (Å²) in [5, 5.41) is 3.70. The Morgan fingerprint density at radius 1 is 1.13 bits per heavy atom. The number of nitrogens with one attached hydrogen (secondary N) is 1. The van der Waals surface area contributed by atoms with E-state index in [4.69, 9.17) is 4.74 Å². The zero-order chi connectivity index (χ0) is 11.9. The number of hydrogen-bond acceptors (Lipinski definition) is 2. The number of rotatable bonds is 3. The maximum atomic E-state index is 6.07. The monoisotopic (exact) mass is 213 g/mol. The Morgan fingerprint density at radius 3 is 2.00 bits per heavy atom. The molecule has 1 aliphatic rings. The third-order valence-corrected chi connectivity index (χ3v) is 3.54. The second-order valence-electron chi connectivity index (χ2n) is 6.42. The zero-order valence-corrected chi connectivity index (χ0v) is 11.3. The molecule has 0 unspecified atom stereocenters. The first-order valence-electron chi connectivity index (χ1n) is 6.10. The molecule has 15 heavy (non-hydrogen) atoms. The van der Waals surface area contributed by atoms with Crippen LogP contribution in [-0.4, -0.2) is 23.3 Å². The smallest absolute Gasteiger partial charge is 0.0787 e. The lowest BCUT2D eigenvalue weighted by atomic mass is 9.92. The summed E-state index contributed by atoms with van der Waals surface area (Å²) >= 11 is 0. The highest BCUT2D eigenvalue weighted by molar-refractivity contribution is 4.99. The lowest BCUT2D eigenvalue weighted by molar-refractivity contribution is -0.0706. The molecular formula is C13H27NO. The van der Waals surface area contributed by atoms with E-state index in [0.717, 1.165) is 6.42 Å². The molecule has 1 aliphatic heterocycles. The molecule has 0 radical (unpaired) electrons. The van der Waals surface area contributed by atoms with Crippen LogP contribution < -0.4 is 5.32 Å². The second-order valence-corrected chi connectivity index (χ2v) is 6.42. The van der Waals surface area contributed by atoms with Crippen molar-refractivity contribution in [3.05, 3.63) is 0 Å². The highest BCUT2D eigenvalue weighted by Crippen LogP contribution is 2.37. The maximum absolute atomic E-state index is 6.07. The molecule has 2 atom stereocenters. The summed E-state index contributed by atoms with van der Waals surface area (Å²) in [6, 6.07) is 1.01. The first-order chi connectivity index (χ1) is 6.64. The minimum Gasteiger partial charge on any atom is -0.368 e. The van der Waals surface area contributed by atoms with Gasteiger partial charge in [0.25, 0.3) is 0 Å². The van der Waals surface area contributed by atoms with Gasteiger partial charge in [0, 0.05) is 12.1 Å². The molecule has 0 aromatic heterocycles. The molecule has 0 aromatic rings. The molecule has 1 fully saturated rings. The zero-order valence-electron chi connectivity index (χ0n) is 11.3. The summed E-state index contributed by atoms with van der Waals surface area (Å²) in [7, 11) is 0. The SMILES string of the molecule is CC(C)[C@@H](C)N[C@@H]1CC(C)(C)OC1(C)C. The topological polar surface area (TPSA) is 21.3 Å². The summed E-state index contributed by atoms with van der Waals surface area (Å²) in [5.74, 6) is 0.671. The van der Waals surface area contributed by atoms with Crippen LogP contribution in [0.15, 0.2) is 0 Å². The fraction of sp³-hybridized carbons (Fsp3) is 1.00. The Balaban J connectivity index is 2.63.